The van der Waals surface area contributed by atoms with Gasteiger partial charge in [0, 0.05) is 5.56 Å². The van der Waals surface area contributed by atoms with E-state index in [4.69, 9.17) is 0 Å². The number of halogens is 2. The Morgan fingerprint density at radius 2 is 1.96 bits per heavy atom. The third-order valence-corrected chi connectivity index (χ3v) is 3.23. The van der Waals surface area contributed by atoms with E-state index in [-0.39, 0.29) is 16.7 Å². The largest absolute Gasteiger partial charge is 0.465 e. The number of nitrogens with one attached hydrogen (secondary N) is 1. The number of ether oxygens (including phenoxy) is 1. The lowest BCUT2D eigenvalue weighted by molar-refractivity contribution is 0.0600. The summed E-state index contributed by atoms with van der Waals surface area (Å²) in [5, 5.41) is 3.60. The summed E-state index contributed by atoms with van der Waals surface area (Å²) in [5.74, 6) is -2.77. The molecule has 2 rings (SSSR count). The number of carbonyl (C=O) groups excluding carboxylic acids is 2. The lowest BCUT2D eigenvalue weighted by atomic mass is 10.1. The monoisotopic (exact) mass is 332 g/mol. The minimum absolute atomic E-state index is 0.0488. The normalized spacial score (nSPS) is 10.7. The van der Waals surface area contributed by atoms with Crippen molar-refractivity contribution in [2.45, 2.75) is 6.92 Å². The van der Waals surface area contributed by atoms with Gasteiger partial charge in [0.05, 0.1) is 24.5 Å². The molecule has 0 radical (unpaired) electrons. The van der Waals surface area contributed by atoms with Crippen molar-refractivity contribution in [2.75, 3.05) is 7.11 Å². The summed E-state index contributed by atoms with van der Waals surface area (Å²) in [4.78, 5) is 23.1. The van der Waals surface area contributed by atoms with Crippen LogP contribution in [0.4, 0.5) is 8.78 Å². The molecule has 0 spiro atoms. The van der Waals surface area contributed by atoms with Crippen molar-refractivity contribution in [3.8, 4) is 0 Å². The lowest BCUT2D eigenvalue weighted by Gasteiger charge is -2.04. The highest BCUT2D eigenvalue weighted by Gasteiger charge is 2.12. The fourth-order valence-corrected chi connectivity index (χ4v) is 1.92. The van der Waals surface area contributed by atoms with Crippen LogP contribution >= 0.6 is 0 Å². The van der Waals surface area contributed by atoms with Crippen molar-refractivity contribution in [2.24, 2.45) is 5.10 Å². The highest BCUT2D eigenvalue weighted by Crippen LogP contribution is 2.12. The summed E-state index contributed by atoms with van der Waals surface area (Å²) in [6.45, 7) is 1.54. The molecule has 0 bridgehead atoms. The molecule has 0 aliphatic carbocycles. The number of carbonyl (C=O) groups is 2. The number of methoxy groups -OCH3 is 1. The average molecular weight is 332 g/mol. The maximum atomic E-state index is 13.8. The van der Waals surface area contributed by atoms with Gasteiger partial charge in [0.1, 0.15) is 11.6 Å². The van der Waals surface area contributed by atoms with E-state index >= 15 is 0 Å². The summed E-state index contributed by atoms with van der Waals surface area (Å²) < 4.78 is 32.1. The van der Waals surface area contributed by atoms with Crippen molar-refractivity contribution < 1.29 is 23.1 Å². The Labute approximate surface area is 136 Å². The molecule has 0 saturated heterocycles. The zero-order chi connectivity index (χ0) is 17.7. The fourth-order valence-electron chi connectivity index (χ4n) is 1.92. The molecule has 5 nitrogen and oxygen atoms in total. The Hall–Kier alpha value is -3.09. The van der Waals surface area contributed by atoms with Gasteiger partial charge in [-0.05, 0) is 36.8 Å². The maximum absolute atomic E-state index is 13.8. The maximum Gasteiger partial charge on any atom is 0.337 e. The molecule has 24 heavy (non-hydrogen) atoms. The van der Waals surface area contributed by atoms with Crippen LogP contribution in [0.5, 0.6) is 0 Å². The number of nitrogens with zero attached hydrogens (tertiary/aromatic N) is 1. The van der Waals surface area contributed by atoms with E-state index in [1.165, 1.54) is 38.3 Å². The molecule has 1 amide bonds. The van der Waals surface area contributed by atoms with Gasteiger partial charge in [0.15, 0.2) is 0 Å². The summed E-state index contributed by atoms with van der Waals surface area (Å²) in [5.41, 5.74) is 2.40. The Morgan fingerprint density at radius 3 is 2.62 bits per heavy atom. The van der Waals surface area contributed by atoms with Crippen LogP contribution in [0.2, 0.25) is 0 Å². The number of benzene rings is 2. The fraction of sp³-hybridized carbons (Fsp3) is 0.118. The number of aryl methyl sites for hydroxylation is 1. The molecule has 0 saturated carbocycles. The van der Waals surface area contributed by atoms with Crippen molar-refractivity contribution in [1.82, 2.24) is 5.43 Å². The number of amides is 1. The molecule has 124 valence electrons. The van der Waals surface area contributed by atoms with Crippen LogP contribution in [0, 0.1) is 18.6 Å². The summed E-state index contributed by atoms with van der Waals surface area (Å²) >= 11 is 0. The molecule has 0 fully saturated rings. The Kier molecular flexibility index (Phi) is 5.36. The van der Waals surface area contributed by atoms with Gasteiger partial charge in [0.2, 0.25) is 0 Å². The number of hydrogen-bond donors (Lipinski definition) is 1. The molecular formula is C17H14F2N2O3. The van der Waals surface area contributed by atoms with Crippen LogP contribution in [-0.4, -0.2) is 25.2 Å². The van der Waals surface area contributed by atoms with E-state index in [0.29, 0.717) is 5.56 Å². The summed E-state index contributed by atoms with van der Waals surface area (Å²) in [7, 11) is 1.19. The SMILES string of the molecule is COC(=O)c1ccc(/C=N/NC(=O)c2cccc(C)c2F)c(F)c1. The molecule has 0 heterocycles. The van der Waals surface area contributed by atoms with Crippen LogP contribution in [0.1, 0.15) is 31.8 Å². The number of esters is 1. The Bertz CT molecular complexity index is 819. The number of rotatable bonds is 4. The first kappa shape index (κ1) is 17.3. The summed E-state index contributed by atoms with van der Waals surface area (Å²) in [6, 6.07) is 8.06. The minimum atomic E-state index is -0.751. The Balaban J connectivity index is 2.10. The molecule has 2 aromatic rings. The first-order chi connectivity index (χ1) is 11.4. The third kappa shape index (κ3) is 3.81. The molecule has 1 N–H and O–H groups in total. The van der Waals surface area contributed by atoms with Crippen LogP contribution in [0.25, 0.3) is 0 Å². The molecule has 0 aromatic heterocycles. The molecule has 2 aromatic carbocycles. The highest BCUT2D eigenvalue weighted by molar-refractivity contribution is 5.95. The van der Waals surface area contributed by atoms with Gasteiger partial charge in [-0.15, -0.1) is 0 Å². The van der Waals surface area contributed by atoms with Gasteiger partial charge in [0.25, 0.3) is 5.91 Å². The second-order valence-electron chi connectivity index (χ2n) is 4.86. The van der Waals surface area contributed by atoms with Crippen LogP contribution in [-0.2, 0) is 4.74 Å². The van der Waals surface area contributed by atoms with Crippen molar-refractivity contribution >= 4 is 18.1 Å². The van der Waals surface area contributed by atoms with E-state index < -0.39 is 23.5 Å². The zero-order valence-electron chi connectivity index (χ0n) is 13.0. The second kappa shape index (κ2) is 7.45. The number of hydrogen-bond acceptors (Lipinski definition) is 4. The van der Waals surface area contributed by atoms with Gasteiger partial charge in [-0.1, -0.05) is 12.1 Å². The molecule has 0 aliphatic heterocycles. The van der Waals surface area contributed by atoms with Gasteiger partial charge in [-0.25, -0.2) is 19.0 Å². The quantitative estimate of drug-likeness (QED) is 0.532. The Morgan fingerprint density at radius 1 is 1.21 bits per heavy atom. The van der Waals surface area contributed by atoms with Gasteiger partial charge >= 0.3 is 5.97 Å². The summed E-state index contributed by atoms with van der Waals surface area (Å²) in [6.07, 6.45) is 1.06. The molecule has 7 heteroatoms. The standard InChI is InChI=1S/C17H14F2N2O3/c1-10-4-3-5-13(15(10)19)16(22)21-20-9-12-7-6-11(8-14(12)18)17(23)24-2/h3-9H,1-2H3,(H,21,22)/b20-9+. The van der Waals surface area contributed by atoms with E-state index in [0.717, 1.165) is 12.3 Å². The predicted molar refractivity (Wildman–Crippen MR) is 83.9 cm³/mol. The van der Waals surface area contributed by atoms with E-state index in [2.05, 4.69) is 15.3 Å². The van der Waals surface area contributed by atoms with Crippen molar-refractivity contribution in [1.29, 1.82) is 0 Å². The predicted octanol–water partition coefficient (Wildman–Crippen LogP) is 2.82. The van der Waals surface area contributed by atoms with Crippen molar-refractivity contribution in [3.63, 3.8) is 0 Å². The highest BCUT2D eigenvalue weighted by atomic mass is 19.1. The average Bonchev–Trinajstić information content (AvgIpc) is 2.57. The molecule has 0 atom stereocenters. The first-order valence-electron chi connectivity index (χ1n) is 6.90. The molecule has 0 unspecified atom stereocenters. The van der Waals surface area contributed by atoms with Gasteiger partial charge in [-0.3, -0.25) is 4.79 Å². The minimum Gasteiger partial charge on any atom is -0.465 e. The van der Waals surface area contributed by atoms with E-state index in [9.17, 15) is 18.4 Å². The van der Waals surface area contributed by atoms with E-state index in [1.54, 1.807) is 6.07 Å². The molecule has 0 aliphatic rings. The lowest BCUT2D eigenvalue weighted by Crippen LogP contribution is -2.19. The smallest absolute Gasteiger partial charge is 0.337 e. The second-order valence-corrected chi connectivity index (χ2v) is 4.86. The molecular weight excluding hydrogens is 318 g/mol. The third-order valence-electron chi connectivity index (χ3n) is 3.23. The van der Waals surface area contributed by atoms with Crippen LogP contribution in [0.15, 0.2) is 41.5 Å². The van der Waals surface area contributed by atoms with Gasteiger partial charge in [-0.2, -0.15) is 5.10 Å². The number of hydrazone groups is 1. The topological polar surface area (TPSA) is 67.8 Å². The van der Waals surface area contributed by atoms with Crippen molar-refractivity contribution in [3.05, 3.63) is 70.3 Å². The van der Waals surface area contributed by atoms with Gasteiger partial charge < -0.3 is 4.74 Å². The van der Waals surface area contributed by atoms with Crippen LogP contribution < -0.4 is 5.43 Å². The zero-order valence-corrected chi connectivity index (χ0v) is 13.0. The first-order valence-corrected chi connectivity index (χ1v) is 6.90. The van der Waals surface area contributed by atoms with Crippen LogP contribution in [0.3, 0.4) is 0 Å². The van der Waals surface area contributed by atoms with E-state index in [1.807, 2.05) is 0 Å².